The van der Waals surface area contributed by atoms with Crippen molar-refractivity contribution in [2.75, 3.05) is 13.1 Å². The first-order valence-electron chi connectivity index (χ1n) is 9.84. The molecule has 1 aromatic rings. The Morgan fingerprint density at radius 3 is 2.37 bits per heavy atom. The fourth-order valence-electron chi connectivity index (χ4n) is 5.82. The van der Waals surface area contributed by atoms with Crippen LogP contribution in [0.5, 0.6) is 0 Å². The number of benzene rings is 1. The molecule has 0 aliphatic heterocycles. The molecule has 4 saturated carbocycles. The fourth-order valence-corrected chi connectivity index (χ4v) is 6.52. The predicted octanol–water partition coefficient (Wildman–Crippen LogP) is 3.18. The van der Waals surface area contributed by atoms with Gasteiger partial charge in [0.2, 0.25) is 11.8 Å². The second kappa shape index (κ2) is 7.08. The summed E-state index contributed by atoms with van der Waals surface area (Å²) >= 11 is 6.78. The maximum atomic E-state index is 12.9. The minimum atomic E-state index is -0.375. The van der Waals surface area contributed by atoms with Crippen LogP contribution in [0.25, 0.3) is 0 Å². The number of amides is 2. The first-order valence-corrected chi connectivity index (χ1v) is 10.2. The van der Waals surface area contributed by atoms with Crippen LogP contribution in [0.2, 0.25) is 0 Å². The zero-order valence-electron chi connectivity index (χ0n) is 15.4. The third kappa shape index (κ3) is 3.98. The van der Waals surface area contributed by atoms with Crippen LogP contribution >= 0.6 is 11.6 Å². The van der Waals surface area contributed by atoms with Gasteiger partial charge >= 0.3 is 0 Å². The lowest BCUT2D eigenvalue weighted by Gasteiger charge is -2.59. The lowest BCUT2D eigenvalue weighted by Crippen LogP contribution is -2.59. The van der Waals surface area contributed by atoms with Crippen molar-refractivity contribution in [2.24, 2.45) is 17.3 Å². The van der Waals surface area contributed by atoms with Gasteiger partial charge in [0.25, 0.3) is 0 Å². The molecule has 2 unspecified atom stereocenters. The molecule has 0 radical (unpaired) electrons. The van der Waals surface area contributed by atoms with E-state index in [1.807, 2.05) is 0 Å². The highest BCUT2D eigenvalue weighted by molar-refractivity contribution is 6.24. The molecule has 4 atom stereocenters. The smallest absolute Gasteiger partial charge is 0.239 e. The van der Waals surface area contributed by atoms with Crippen molar-refractivity contribution in [2.45, 2.75) is 49.8 Å². The fraction of sp³-hybridized carbons (Fsp3) is 0.619. The standard InChI is InChI=1S/C21H26ClFN2O2/c22-21-10-15-7-16(11-21)9-20(8-15,13-21)19(27)25-12-18(26)24-6-5-14-1-3-17(23)4-2-14/h1-4,15-16H,5-13H2,(H,24,26)(H,25,27)/t15-,16+,20?,21?. The molecule has 4 aliphatic rings. The van der Waals surface area contributed by atoms with Crippen LogP contribution in [-0.2, 0) is 16.0 Å². The Labute approximate surface area is 164 Å². The monoisotopic (exact) mass is 392 g/mol. The van der Waals surface area contributed by atoms with E-state index in [1.165, 1.54) is 18.6 Å². The van der Waals surface area contributed by atoms with Crippen molar-refractivity contribution >= 4 is 23.4 Å². The highest BCUT2D eigenvalue weighted by atomic mass is 35.5. The summed E-state index contributed by atoms with van der Waals surface area (Å²) in [6.45, 7) is 0.453. The van der Waals surface area contributed by atoms with Gasteiger partial charge in [-0.3, -0.25) is 9.59 Å². The molecule has 146 valence electrons. The van der Waals surface area contributed by atoms with Crippen LogP contribution in [0.4, 0.5) is 4.39 Å². The van der Waals surface area contributed by atoms with E-state index in [1.54, 1.807) is 12.1 Å². The van der Waals surface area contributed by atoms with E-state index in [9.17, 15) is 14.0 Å². The van der Waals surface area contributed by atoms with Crippen LogP contribution in [0.1, 0.15) is 44.1 Å². The molecule has 27 heavy (non-hydrogen) atoms. The number of carbonyl (C=O) groups is 2. The van der Waals surface area contributed by atoms with Gasteiger partial charge in [-0.1, -0.05) is 12.1 Å². The molecule has 4 aliphatic carbocycles. The maximum Gasteiger partial charge on any atom is 0.239 e. The van der Waals surface area contributed by atoms with Crippen LogP contribution in [-0.4, -0.2) is 29.8 Å². The molecule has 0 saturated heterocycles. The summed E-state index contributed by atoms with van der Waals surface area (Å²) < 4.78 is 12.9. The van der Waals surface area contributed by atoms with Gasteiger partial charge in [-0.15, -0.1) is 11.6 Å². The van der Waals surface area contributed by atoms with Gasteiger partial charge in [0.05, 0.1) is 12.0 Å². The summed E-state index contributed by atoms with van der Waals surface area (Å²) in [6.07, 6.45) is 6.46. The van der Waals surface area contributed by atoms with Crippen molar-refractivity contribution in [3.8, 4) is 0 Å². The molecule has 4 fully saturated rings. The van der Waals surface area contributed by atoms with Gasteiger partial charge in [-0.25, -0.2) is 4.39 Å². The average Bonchev–Trinajstić information content (AvgIpc) is 2.59. The largest absolute Gasteiger partial charge is 0.354 e. The van der Waals surface area contributed by atoms with Crippen molar-refractivity contribution in [1.82, 2.24) is 10.6 Å². The number of alkyl halides is 1. The Hall–Kier alpha value is -1.62. The van der Waals surface area contributed by atoms with E-state index >= 15 is 0 Å². The van der Waals surface area contributed by atoms with Gasteiger partial charge in [0, 0.05) is 11.4 Å². The number of hydrogen-bond donors (Lipinski definition) is 2. The third-order valence-corrected chi connectivity index (χ3v) is 6.97. The van der Waals surface area contributed by atoms with Gasteiger partial charge in [-0.05, 0) is 74.5 Å². The summed E-state index contributed by atoms with van der Waals surface area (Å²) in [7, 11) is 0. The van der Waals surface area contributed by atoms with Gasteiger partial charge in [0.1, 0.15) is 5.82 Å². The minimum absolute atomic E-state index is 0.00434. The SMILES string of the molecule is O=C(CNC(=O)C12C[C@@H]3C[C@@H](CC(Cl)(C3)C1)C2)NCCc1ccc(F)cc1. The molecule has 0 aromatic heterocycles. The summed E-state index contributed by atoms with van der Waals surface area (Å²) in [6, 6.07) is 6.23. The molecular formula is C21H26ClFN2O2. The number of hydrogen-bond acceptors (Lipinski definition) is 2. The highest BCUT2D eigenvalue weighted by Crippen LogP contribution is 2.63. The summed E-state index contributed by atoms with van der Waals surface area (Å²) in [5.74, 6) is 0.637. The van der Waals surface area contributed by atoms with Crippen molar-refractivity contribution in [3.63, 3.8) is 0 Å². The topological polar surface area (TPSA) is 58.2 Å². The molecule has 1 aromatic carbocycles. The Balaban J connectivity index is 1.24. The number of rotatable bonds is 6. The Kier molecular flexibility index (Phi) is 4.91. The van der Waals surface area contributed by atoms with Crippen LogP contribution in [0.15, 0.2) is 24.3 Å². The number of carbonyl (C=O) groups excluding carboxylic acids is 2. The Morgan fingerprint density at radius 1 is 1.07 bits per heavy atom. The van der Waals surface area contributed by atoms with E-state index in [2.05, 4.69) is 10.6 Å². The van der Waals surface area contributed by atoms with Crippen LogP contribution < -0.4 is 10.6 Å². The predicted molar refractivity (Wildman–Crippen MR) is 102 cm³/mol. The molecular weight excluding hydrogens is 367 g/mol. The second-order valence-electron chi connectivity index (χ2n) is 8.80. The Bertz CT molecular complexity index is 722. The van der Waals surface area contributed by atoms with E-state index in [-0.39, 0.29) is 34.5 Å². The highest BCUT2D eigenvalue weighted by Gasteiger charge is 2.59. The van der Waals surface area contributed by atoms with Gasteiger partial charge in [0.15, 0.2) is 0 Å². The molecule has 6 heteroatoms. The third-order valence-electron chi connectivity index (χ3n) is 6.53. The van der Waals surface area contributed by atoms with E-state index < -0.39 is 0 Å². The lowest BCUT2D eigenvalue weighted by molar-refractivity contribution is -0.145. The van der Waals surface area contributed by atoms with E-state index in [0.717, 1.165) is 37.7 Å². The molecule has 4 nitrogen and oxygen atoms in total. The molecule has 0 heterocycles. The second-order valence-corrected chi connectivity index (χ2v) is 9.60. The zero-order chi connectivity index (χ0) is 19.1. The first kappa shape index (κ1) is 18.7. The zero-order valence-corrected chi connectivity index (χ0v) is 16.2. The molecule has 0 spiro atoms. The number of nitrogens with one attached hydrogen (secondary N) is 2. The Morgan fingerprint density at radius 2 is 1.74 bits per heavy atom. The van der Waals surface area contributed by atoms with Gasteiger partial charge in [-0.2, -0.15) is 0 Å². The molecule has 2 N–H and O–H groups in total. The summed E-state index contributed by atoms with van der Waals surface area (Å²) in [5.41, 5.74) is 0.585. The van der Waals surface area contributed by atoms with Crippen molar-refractivity contribution in [3.05, 3.63) is 35.6 Å². The molecule has 2 amide bonds. The van der Waals surface area contributed by atoms with Crippen LogP contribution in [0.3, 0.4) is 0 Å². The maximum absolute atomic E-state index is 12.9. The number of halogens is 2. The van der Waals surface area contributed by atoms with Gasteiger partial charge < -0.3 is 10.6 Å². The van der Waals surface area contributed by atoms with Crippen molar-refractivity contribution in [1.29, 1.82) is 0 Å². The van der Waals surface area contributed by atoms with Crippen LogP contribution in [0, 0.1) is 23.1 Å². The quantitative estimate of drug-likeness (QED) is 0.730. The average molecular weight is 393 g/mol. The minimum Gasteiger partial charge on any atom is -0.354 e. The normalized spacial score (nSPS) is 33.7. The molecule has 4 bridgehead atoms. The van der Waals surface area contributed by atoms with Crippen molar-refractivity contribution < 1.29 is 14.0 Å². The van der Waals surface area contributed by atoms with E-state index in [4.69, 9.17) is 11.6 Å². The summed E-state index contributed by atoms with van der Waals surface area (Å²) in [5, 5.41) is 5.66. The first-order chi connectivity index (χ1) is 12.9. The van der Waals surface area contributed by atoms with E-state index in [0.29, 0.717) is 24.8 Å². The molecule has 5 rings (SSSR count). The lowest BCUT2D eigenvalue weighted by atomic mass is 9.49. The summed E-state index contributed by atoms with van der Waals surface area (Å²) in [4.78, 5) is 24.7.